The minimum absolute atomic E-state index is 0.137. The van der Waals surface area contributed by atoms with Crippen LogP contribution in [0.4, 0.5) is 4.39 Å². The Morgan fingerprint density at radius 1 is 1.17 bits per heavy atom. The van der Waals surface area contributed by atoms with Gasteiger partial charge in [0.2, 0.25) is 5.91 Å². The first-order valence-electron chi connectivity index (χ1n) is 9.60. The van der Waals surface area contributed by atoms with Gasteiger partial charge in [-0.2, -0.15) is 0 Å². The number of para-hydroxylation sites is 1. The number of methoxy groups -OCH3 is 1. The van der Waals surface area contributed by atoms with Crippen molar-refractivity contribution in [3.05, 3.63) is 64.9 Å². The van der Waals surface area contributed by atoms with Gasteiger partial charge in [0.25, 0.3) is 5.91 Å². The summed E-state index contributed by atoms with van der Waals surface area (Å²) in [7, 11) is 1.59. The molecule has 1 atom stereocenters. The summed E-state index contributed by atoms with van der Waals surface area (Å²) in [5, 5.41) is 3.18. The number of carbonyl (C=O) groups is 2. The number of carbonyl (C=O) groups excluding carboxylic acids is 2. The number of hydrogen-bond donors (Lipinski definition) is 1. The molecule has 0 aliphatic rings. The molecule has 1 N–H and O–H groups in total. The van der Waals surface area contributed by atoms with Gasteiger partial charge >= 0.3 is 0 Å². The lowest BCUT2D eigenvalue weighted by Crippen LogP contribution is -2.49. The van der Waals surface area contributed by atoms with E-state index >= 15 is 0 Å². The third kappa shape index (κ3) is 7.31. The Morgan fingerprint density at radius 2 is 1.87 bits per heavy atom. The van der Waals surface area contributed by atoms with E-state index in [4.69, 9.17) is 21.1 Å². The fourth-order valence-corrected chi connectivity index (χ4v) is 2.92. The summed E-state index contributed by atoms with van der Waals surface area (Å²) in [6.45, 7) is 2.46. The normalized spacial score (nSPS) is 11.6. The summed E-state index contributed by atoms with van der Waals surface area (Å²) in [5.41, 5.74) is 0.696. The van der Waals surface area contributed by atoms with Crippen LogP contribution in [0.5, 0.6) is 5.75 Å². The summed E-state index contributed by atoms with van der Waals surface area (Å²) in [5.74, 6) is -0.674. The van der Waals surface area contributed by atoms with Gasteiger partial charge in [-0.1, -0.05) is 35.9 Å². The van der Waals surface area contributed by atoms with E-state index in [0.717, 1.165) is 0 Å². The van der Waals surface area contributed by atoms with Crippen LogP contribution in [0.25, 0.3) is 0 Å². The first-order valence-corrected chi connectivity index (χ1v) is 9.98. The number of benzene rings is 2. The van der Waals surface area contributed by atoms with Gasteiger partial charge in [0.15, 0.2) is 6.61 Å². The van der Waals surface area contributed by atoms with Gasteiger partial charge in [-0.25, -0.2) is 4.39 Å². The molecule has 0 unspecified atom stereocenters. The van der Waals surface area contributed by atoms with Gasteiger partial charge in [-0.3, -0.25) is 9.59 Å². The Bertz CT molecular complexity index is 832. The van der Waals surface area contributed by atoms with E-state index in [9.17, 15) is 14.0 Å². The van der Waals surface area contributed by atoms with Crippen LogP contribution in [0.3, 0.4) is 0 Å². The van der Waals surface area contributed by atoms with Gasteiger partial charge < -0.3 is 19.7 Å². The van der Waals surface area contributed by atoms with Gasteiger partial charge in [0, 0.05) is 26.8 Å². The number of ether oxygens (including phenoxy) is 2. The smallest absolute Gasteiger partial charge is 0.261 e. The monoisotopic (exact) mass is 436 g/mol. The Balaban J connectivity index is 2.08. The molecule has 2 aromatic rings. The van der Waals surface area contributed by atoms with Crippen molar-refractivity contribution in [2.24, 2.45) is 0 Å². The van der Waals surface area contributed by atoms with Gasteiger partial charge in [-0.05, 0) is 43.2 Å². The van der Waals surface area contributed by atoms with Crippen molar-refractivity contribution in [2.75, 3.05) is 26.9 Å². The minimum Gasteiger partial charge on any atom is -0.482 e. The predicted octanol–water partition coefficient (Wildman–Crippen LogP) is 3.43. The zero-order valence-electron chi connectivity index (χ0n) is 17.1. The highest BCUT2D eigenvalue weighted by Gasteiger charge is 2.26. The molecule has 0 aliphatic heterocycles. The zero-order valence-corrected chi connectivity index (χ0v) is 17.8. The molecule has 0 heterocycles. The quantitative estimate of drug-likeness (QED) is 0.548. The molecule has 30 heavy (non-hydrogen) atoms. The molecule has 0 fully saturated rings. The third-order valence-electron chi connectivity index (χ3n) is 4.45. The van der Waals surface area contributed by atoms with E-state index in [1.165, 1.54) is 17.0 Å². The predicted molar refractivity (Wildman–Crippen MR) is 113 cm³/mol. The Kier molecular flexibility index (Phi) is 9.57. The van der Waals surface area contributed by atoms with E-state index < -0.39 is 11.9 Å². The van der Waals surface area contributed by atoms with Crippen LogP contribution in [0.15, 0.2) is 48.5 Å². The number of nitrogens with zero attached hydrogens (tertiary/aromatic N) is 1. The van der Waals surface area contributed by atoms with E-state index in [1.54, 1.807) is 50.4 Å². The molecule has 0 aliphatic carbocycles. The van der Waals surface area contributed by atoms with Crippen LogP contribution in [0.2, 0.25) is 5.02 Å². The summed E-state index contributed by atoms with van der Waals surface area (Å²) in [6.07, 6.45) is 0.663. The molecule has 0 spiro atoms. The highest BCUT2D eigenvalue weighted by atomic mass is 35.5. The molecule has 0 aromatic heterocycles. The zero-order chi connectivity index (χ0) is 21.9. The SMILES string of the molecule is COCCCNC(=O)[C@@H](C)N(Cc1ccc(F)cc1)C(=O)COc1ccccc1Cl. The molecule has 0 radical (unpaired) electrons. The third-order valence-corrected chi connectivity index (χ3v) is 4.76. The second-order valence-electron chi connectivity index (χ2n) is 6.68. The fraction of sp³-hybridized carbons (Fsp3) is 0.364. The van der Waals surface area contributed by atoms with Crippen LogP contribution >= 0.6 is 11.6 Å². The van der Waals surface area contributed by atoms with Gasteiger partial charge in [-0.15, -0.1) is 0 Å². The average molecular weight is 437 g/mol. The maximum absolute atomic E-state index is 13.2. The second kappa shape index (κ2) is 12.1. The topological polar surface area (TPSA) is 67.9 Å². The van der Waals surface area contributed by atoms with Crippen molar-refractivity contribution in [3.63, 3.8) is 0 Å². The van der Waals surface area contributed by atoms with Crippen molar-refractivity contribution >= 4 is 23.4 Å². The lowest BCUT2D eigenvalue weighted by atomic mass is 10.1. The van der Waals surface area contributed by atoms with E-state index in [2.05, 4.69) is 5.32 Å². The molecule has 162 valence electrons. The molecule has 8 heteroatoms. The van der Waals surface area contributed by atoms with Crippen molar-refractivity contribution in [1.29, 1.82) is 0 Å². The first kappa shape index (κ1) is 23.6. The number of amides is 2. The van der Waals surface area contributed by atoms with Crippen LogP contribution in [-0.2, 0) is 20.9 Å². The summed E-state index contributed by atoms with van der Waals surface area (Å²) in [4.78, 5) is 26.9. The number of hydrogen-bond acceptors (Lipinski definition) is 4. The highest BCUT2D eigenvalue weighted by molar-refractivity contribution is 6.32. The molecule has 0 saturated carbocycles. The number of nitrogens with one attached hydrogen (secondary N) is 1. The maximum atomic E-state index is 13.2. The van der Waals surface area contributed by atoms with Crippen LogP contribution < -0.4 is 10.1 Å². The van der Waals surface area contributed by atoms with Crippen LogP contribution in [0, 0.1) is 5.82 Å². The summed E-state index contributed by atoms with van der Waals surface area (Å²) >= 11 is 6.07. The number of halogens is 2. The van der Waals surface area contributed by atoms with Crippen molar-refractivity contribution < 1.29 is 23.5 Å². The van der Waals surface area contributed by atoms with Crippen molar-refractivity contribution in [3.8, 4) is 5.75 Å². The minimum atomic E-state index is -0.750. The van der Waals surface area contributed by atoms with Crippen molar-refractivity contribution in [1.82, 2.24) is 10.2 Å². The molecular weight excluding hydrogens is 411 g/mol. The molecular formula is C22H26ClFN2O4. The van der Waals surface area contributed by atoms with E-state index in [0.29, 0.717) is 35.9 Å². The van der Waals surface area contributed by atoms with E-state index in [1.807, 2.05) is 0 Å². The molecule has 2 rings (SSSR count). The molecule has 0 saturated heterocycles. The van der Waals surface area contributed by atoms with Crippen LogP contribution in [-0.4, -0.2) is 49.6 Å². The maximum Gasteiger partial charge on any atom is 0.261 e. The van der Waals surface area contributed by atoms with E-state index in [-0.39, 0.29) is 24.9 Å². The molecule has 2 amide bonds. The van der Waals surface area contributed by atoms with Crippen LogP contribution in [0.1, 0.15) is 18.9 Å². The Morgan fingerprint density at radius 3 is 2.53 bits per heavy atom. The Labute approximate surface area is 180 Å². The lowest BCUT2D eigenvalue weighted by Gasteiger charge is -2.28. The molecule has 2 aromatic carbocycles. The summed E-state index contributed by atoms with van der Waals surface area (Å²) in [6, 6.07) is 11.9. The highest BCUT2D eigenvalue weighted by Crippen LogP contribution is 2.23. The van der Waals surface area contributed by atoms with Gasteiger partial charge in [0.05, 0.1) is 5.02 Å². The second-order valence-corrected chi connectivity index (χ2v) is 7.09. The summed E-state index contributed by atoms with van der Waals surface area (Å²) < 4.78 is 23.7. The average Bonchev–Trinajstić information content (AvgIpc) is 2.75. The van der Waals surface area contributed by atoms with Crippen molar-refractivity contribution in [2.45, 2.75) is 25.9 Å². The standard InChI is InChI=1S/C22H26ClFN2O4/c1-16(22(28)25-12-5-13-29-2)26(14-17-8-10-18(24)11-9-17)21(27)15-30-20-7-4-3-6-19(20)23/h3-4,6-11,16H,5,12-15H2,1-2H3,(H,25,28)/t16-/m1/s1. The van der Waals surface area contributed by atoms with Gasteiger partial charge in [0.1, 0.15) is 17.6 Å². The molecule has 0 bridgehead atoms. The number of rotatable bonds is 11. The first-order chi connectivity index (χ1) is 14.4. The molecule has 6 nitrogen and oxygen atoms in total. The fourth-order valence-electron chi connectivity index (χ4n) is 2.73. The Hall–Kier alpha value is -2.64. The largest absolute Gasteiger partial charge is 0.482 e. The lowest BCUT2D eigenvalue weighted by molar-refractivity contribution is -0.142.